The molecule has 3 aromatic rings. The van der Waals surface area contributed by atoms with Crippen LogP contribution in [0.1, 0.15) is 57.3 Å². The van der Waals surface area contributed by atoms with Crippen LogP contribution in [0, 0.1) is 6.42 Å². The van der Waals surface area contributed by atoms with Gasteiger partial charge in [-0.2, -0.15) is 0 Å². The van der Waals surface area contributed by atoms with Crippen molar-refractivity contribution < 1.29 is 6.22 Å². The van der Waals surface area contributed by atoms with E-state index in [1.54, 1.807) is 23.0 Å². The molecule has 0 aromatic heterocycles. The molecule has 1 amide bonds. The Morgan fingerprint density at radius 3 is 2.23 bits per heavy atom. The lowest BCUT2D eigenvalue weighted by Gasteiger charge is -2.29. The fraction of sp³-hybridized carbons (Fsp3) is 0.250. The van der Waals surface area contributed by atoms with Crippen LogP contribution >= 0.6 is 0 Å². The predicted molar refractivity (Wildman–Crippen MR) is 148 cm³/mol. The number of amides is 1. The van der Waals surface area contributed by atoms with Crippen LogP contribution in [0.3, 0.4) is 0 Å². The number of hydrogen-bond donors (Lipinski definition) is 0. The van der Waals surface area contributed by atoms with E-state index in [0.29, 0.717) is 0 Å². The first-order chi connectivity index (χ1) is 17.1. The summed E-state index contributed by atoms with van der Waals surface area (Å²) in [6, 6.07) is 21.6. The SMILES string of the molecule is C=C1c2cc3ccccc3cc2C(c2cccc(CN3CCC4=C([CH]4)CC3)c2)=CN1C(C)=O.CC.[HH]. The Balaban J connectivity index is 0.000000990. The fourth-order valence-electron chi connectivity index (χ4n) is 5.18. The number of rotatable bonds is 3. The third-order valence-electron chi connectivity index (χ3n) is 7.09. The molecule has 3 nitrogen and oxygen atoms in total. The Hall–Kier alpha value is -3.43. The summed E-state index contributed by atoms with van der Waals surface area (Å²) in [4.78, 5) is 16.7. The van der Waals surface area contributed by atoms with E-state index >= 15 is 0 Å². The Morgan fingerprint density at radius 1 is 0.914 bits per heavy atom. The molecular formula is C32H35N2O. The fourth-order valence-corrected chi connectivity index (χ4v) is 5.18. The molecule has 3 heteroatoms. The highest BCUT2D eigenvalue weighted by Crippen LogP contribution is 2.40. The molecule has 6 rings (SSSR count). The van der Waals surface area contributed by atoms with E-state index in [0.717, 1.165) is 53.0 Å². The minimum Gasteiger partial charge on any atom is -0.298 e. The van der Waals surface area contributed by atoms with Crippen LogP contribution in [0.2, 0.25) is 0 Å². The van der Waals surface area contributed by atoms with Gasteiger partial charge in [-0.25, -0.2) is 0 Å². The summed E-state index contributed by atoms with van der Waals surface area (Å²) < 4.78 is 0. The summed E-state index contributed by atoms with van der Waals surface area (Å²) in [5, 5.41) is 2.35. The molecule has 2 aliphatic heterocycles. The average Bonchev–Trinajstić information content (AvgIpc) is 3.66. The summed E-state index contributed by atoms with van der Waals surface area (Å²) in [7, 11) is 0. The highest BCUT2D eigenvalue weighted by Gasteiger charge is 2.27. The van der Waals surface area contributed by atoms with Crippen molar-refractivity contribution in [3.8, 4) is 0 Å². The van der Waals surface area contributed by atoms with Crippen LogP contribution < -0.4 is 0 Å². The van der Waals surface area contributed by atoms with Gasteiger partial charge in [0.05, 0.1) is 0 Å². The van der Waals surface area contributed by atoms with Crippen LogP contribution in [0.4, 0.5) is 0 Å². The van der Waals surface area contributed by atoms with Gasteiger partial charge in [0.15, 0.2) is 0 Å². The maximum absolute atomic E-state index is 12.5. The second-order valence-electron chi connectivity index (χ2n) is 9.29. The lowest BCUT2D eigenvalue weighted by Crippen LogP contribution is -2.25. The van der Waals surface area contributed by atoms with Gasteiger partial charge in [0, 0.05) is 57.4 Å². The zero-order chi connectivity index (χ0) is 24.5. The van der Waals surface area contributed by atoms with E-state index in [4.69, 9.17) is 0 Å². The first-order valence-corrected chi connectivity index (χ1v) is 12.7. The standard InChI is InChI=1S/C30H27N2O.C2H6.H2/c1-20-28-16-23-7-3-4-8-24(23)17-29(28)30(19-32(20)21(2)33)27-9-5-6-22(14-27)18-31-12-10-25-15-26(25)11-13-31;1-2;/h3-9,14-17,19H,1,10-13,18H2,2H3;1-2H3;1H. The first kappa shape index (κ1) is 23.3. The largest absolute Gasteiger partial charge is 0.298 e. The Bertz CT molecular complexity index is 1370. The van der Waals surface area contributed by atoms with Gasteiger partial charge in [-0.1, -0.05) is 74.0 Å². The molecule has 0 saturated carbocycles. The van der Waals surface area contributed by atoms with Crippen molar-refractivity contribution in [1.29, 1.82) is 0 Å². The minimum atomic E-state index is -0.0256. The van der Waals surface area contributed by atoms with Gasteiger partial charge < -0.3 is 0 Å². The van der Waals surface area contributed by atoms with Crippen LogP contribution in [-0.2, 0) is 11.3 Å². The number of benzene rings is 3. The molecule has 3 aromatic carbocycles. The molecule has 0 spiro atoms. The lowest BCUT2D eigenvalue weighted by atomic mass is 9.87. The molecule has 0 N–H and O–H groups in total. The topological polar surface area (TPSA) is 23.6 Å². The van der Waals surface area contributed by atoms with Gasteiger partial charge in [-0.05, 0) is 58.5 Å². The third-order valence-corrected chi connectivity index (χ3v) is 7.09. The van der Waals surface area contributed by atoms with Crippen molar-refractivity contribution in [2.75, 3.05) is 13.1 Å². The van der Waals surface area contributed by atoms with Crippen molar-refractivity contribution in [3.05, 3.63) is 113 Å². The monoisotopic (exact) mass is 463 g/mol. The molecule has 2 heterocycles. The van der Waals surface area contributed by atoms with Gasteiger partial charge in [-0.15, -0.1) is 0 Å². The molecule has 35 heavy (non-hydrogen) atoms. The van der Waals surface area contributed by atoms with Gasteiger partial charge >= 0.3 is 0 Å². The Kier molecular flexibility index (Phi) is 6.44. The minimum absolute atomic E-state index is 0. The maximum Gasteiger partial charge on any atom is 0.227 e. The predicted octanol–water partition coefficient (Wildman–Crippen LogP) is 7.44. The summed E-state index contributed by atoms with van der Waals surface area (Å²) >= 11 is 0. The number of carbonyl (C=O) groups excluding carboxylic acids is 1. The molecule has 0 atom stereocenters. The Morgan fingerprint density at radius 2 is 1.57 bits per heavy atom. The molecule has 0 bridgehead atoms. The Labute approximate surface area is 210 Å². The van der Waals surface area contributed by atoms with Gasteiger partial charge in [0.1, 0.15) is 0 Å². The highest BCUT2D eigenvalue weighted by atomic mass is 16.2. The van der Waals surface area contributed by atoms with E-state index in [9.17, 15) is 4.79 Å². The third kappa shape index (κ3) is 4.61. The van der Waals surface area contributed by atoms with Crippen LogP contribution in [0.15, 0.2) is 84.6 Å². The average molecular weight is 464 g/mol. The number of likely N-dealkylation sites (tertiary alicyclic amines) is 1. The van der Waals surface area contributed by atoms with Gasteiger partial charge in [0.25, 0.3) is 0 Å². The molecule has 0 saturated heterocycles. The molecule has 0 unspecified atom stereocenters. The van der Waals surface area contributed by atoms with Crippen LogP contribution in [0.25, 0.3) is 22.0 Å². The highest BCUT2D eigenvalue weighted by molar-refractivity contribution is 6.01. The van der Waals surface area contributed by atoms with Crippen LogP contribution in [0.5, 0.6) is 0 Å². The second-order valence-corrected chi connectivity index (χ2v) is 9.29. The van der Waals surface area contributed by atoms with Gasteiger partial charge in [0.2, 0.25) is 5.91 Å². The summed E-state index contributed by atoms with van der Waals surface area (Å²) in [6.07, 6.45) is 6.67. The van der Waals surface area contributed by atoms with E-state index in [-0.39, 0.29) is 7.33 Å². The molecule has 3 aliphatic rings. The van der Waals surface area contributed by atoms with Crippen molar-refractivity contribution in [2.45, 2.75) is 40.2 Å². The quantitative estimate of drug-likeness (QED) is 0.403. The van der Waals surface area contributed by atoms with Crippen molar-refractivity contribution in [1.82, 2.24) is 9.80 Å². The molecule has 0 fully saturated rings. The lowest BCUT2D eigenvalue weighted by molar-refractivity contribution is -0.123. The number of hydrogen-bond acceptors (Lipinski definition) is 2. The summed E-state index contributed by atoms with van der Waals surface area (Å²) in [6.45, 7) is 13.0. The number of carbonyl (C=O) groups is 1. The molecule has 179 valence electrons. The number of fused-ring (bicyclic) bond motifs is 2. The molecular weight excluding hydrogens is 428 g/mol. The molecule has 1 aliphatic carbocycles. The maximum atomic E-state index is 12.5. The van der Waals surface area contributed by atoms with Crippen molar-refractivity contribution >= 4 is 27.9 Å². The zero-order valence-electron chi connectivity index (χ0n) is 21.0. The van der Waals surface area contributed by atoms with Crippen LogP contribution in [-0.4, -0.2) is 28.8 Å². The second kappa shape index (κ2) is 9.67. The zero-order valence-corrected chi connectivity index (χ0v) is 21.0. The number of nitrogens with zero attached hydrogens (tertiary/aromatic N) is 2. The van der Waals surface area contributed by atoms with Gasteiger partial charge in [-0.3, -0.25) is 14.6 Å². The van der Waals surface area contributed by atoms with E-state index < -0.39 is 0 Å². The smallest absolute Gasteiger partial charge is 0.227 e. The van der Waals surface area contributed by atoms with Crippen molar-refractivity contribution in [2.24, 2.45) is 0 Å². The van der Waals surface area contributed by atoms with Crippen molar-refractivity contribution in [3.63, 3.8) is 0 Å². The van der Waals surface area contributed by atoms with E-state index in [1.807, 2.05) is 26.1 Å². The van der Waals surface area contributed by atoms with E-state index in [1.165, 1.54) is 23.8 Å². The summed E-state index contributed by atoms with van der Waals surface area (Å²) in [5.74, 6) is -0.0256. The normalized spacial score (nSPS) is 17.2. The van der Waals surface area contributed by atoms with E-state index in [2.05, 4.69) is 72.5 Å². The first-order valence-electron chi connectivity index (χ1n) is 12.7. The summed E-state index contributed by atoms with van der Waals surface area (Å²) in [5.41, 5.74) is 9.55. The molecule has 1 radical (unpaired) electrons.